The first-order valence-electron chi connectivity index (χ1n) is 7.70. The summed E-state index contributed by atoms with van der Waals surface area (Å²) in [6.07, 6.45) is 0. The van der Waals surface area contributed by atoms with Gasteiger partial charge in [0.05, 0.1) is 17.1 Å². The lowest BCUT2D eigenvalue weighted by Crippen LogP contribution is -2.15. The molecular formula is C17H17FN2O6. The van der Waals surface area contributed by atoms with Crippen molar-refractivity contribution in [1.82, 2.24) is 0 Å². The number of benzene rings is 2. The minimum atomic E-state index is -0.767. The lowest BCUT2D eigenvalue weighted by atomic mass is 10.1. The number of nitro benzene ring substituents is 1. The Morgan fingerprint density at radius 1 is 1.19 bits per heavy atom. The fourth-order valence-corrected chi connectivity index (χ4v) is 2.06. The van der Waals surface area contributed by atoms with E-state index in [9.17, 15) is 19.3 Å². The topological polar surface area (TPSA) is 111 Å². The number of nitro groups is 1. The Bertz CT molecular complexity index is 766. The molecule has 2 aromatic rings. The molecule has 0 aliphatic rings. The molecule has 0 aliphatic heterocycles. The Morgan fingerprint density at radius 2 is 1.92 bits per heavy atom. The third-order valence-corrected chi connectivity index (χ3v) is 3.26. The van der Waals surface area contributed by atoms with E-state index < -0.39 is 16.7 Å². The summed E-state index contributed by atoms with van der Waals surface area (Å²) < 4.78 is 23.2. The van der Waals surface area contributed by atoms with Crippen LogP contribution < -0.4 is 10.1 Å². The summed E-state index contributed by atoms with van der Waals surface area (Å²) >= 11 is 0. The van der Waals surface area contributed by atoms with E-state index in [1.54, 1.807) is 0 Å². The van der Waals surface area contributed by atoms with E-state index >= 15 is 0 Å². The Balaban J connectivity index is 1.96. The zero-order valence-corrected chi connectivity index (χ0v) is 13.7. The third kappa shape index (κ3) is 5.42. The Kier molecular flexibility index (Phi) is 6.86. The number of rotatable bonds is 9. The highest BCUT2D eigenvalue weighted by Crippen LogP contribution is 2.23. The zero-order valence-electron chi connectivity index (χ0n) is 13.7. The van der Waals surface area contributed by atoms with Gasteiger partial charge in [0, 0.05) is 24.4 Å². The van der Waals surface area contributed by atoms with Crippen molar-refractivity contribution in [3.63, 3.8) is 0 Å². The van der Waals surface area contributed by atoms with Gasteiger partial charge in [-0.3, -0.25) is 10.1 Å². The van der Waals surface area contributed by atoms with Crippen LogP contribution in [0.15, 0.2) is 42.5 Å². The van der Waals surface area contributed by atoms with Crippen LogP contribution in [0.1, 0.15) is 10.4 Å². The SMILES string of the molecule is O=C(OCCOc1ccc(F)cc1)c1cc([N+](=O)[O-])ccc1NCCO. The van der Waals surface area contributed by atoms with Crippen LogP contribution in [0.2, 0.25) is 0 Å². The van der Waals surface area contributed by atoms with Crippen molar-refractivity contribution in [2.45, 2.75) is 0 Å². The number of nitrogens with one attached hydrogen (secondary N) is 1. The lowest BCUT2D eigenvalue weighted by Gasteiger charge is -2.11. The average Bonchev–Trinajstić information content (AvgIpc) is 2.64. The summed E-state index contributed by atoms with van der Waals surface area (Å²) in [6.45, 7) is -0.0627. The van der Waals surface area contributed by atoms with E-state index in [1.807, 2.05) is 0 Å². The van der Waals surface area contributed by atoms with Gasteiger partial charge in [-0.05, 0) is 30.3 Å². The molecule has 0 bridgehead atoms. The molecule has 0 unspecified atom stereocenters. The number of aliphatic hydroxyl groups excluding tert-OH is 1. The van der Waals surface area contributed by atoms with Gasteiger partial charge in [0.15, 0.2) is 0 Å². The Labute approximate surface area is 148 Å². The van der Waals surface area contributed by atoms with Gasteiger partial charge in [-0.25, -0.2) is 9.18 Å². The number of non-ortho nitro benzene ring substituents is 1. The molecule has 0 heterocycles. The second-order valence-corrected chi connectivity index (χ2v) is 5.08. The lowest BCUT2D eigenvalue weighted by molar-refractivity contribution is -0.384. The van der Waals surface area contributed by atoms with E-state index in [-0.39, 0.29) is 37.6 Å². The van der Waals surface area contributed by atoms with Crippen LogP contribution in [0, 0.1) is 15.9 Å². The highest BCUT2D eigenvalue weighted by molar-refractivity contribution is 5.96. The predicted molar refractivity (Wildman–Crippen MR) is 90.8 cm³/mol. The molecule has 8 nitrogen and oxygen atoms in total. The maximum Gasteiger partial charge on any atom is 0.340 e. The Morgan fingerprint density at radius 3 is 2.58 bits per heavy atom. The van der Waals surface area contributed by atoms with Crippen molar-refractivity contribution in [3.05, 3.63) is 64.0 Å². The summed E-state index contributed by atoms with van der Waals surface area (Å²) in [6, 6.07) is 9.08. The Hall–Kier alpha value is -3.20. The molecule has 2 N–H and O–H groups in total. The molecule has 0 aliphatic carbocycles. The van der Waals surface area contributed by atoms with Gasteiger partial charge >= 0.3 is 5.97 Å². The van der Waals surface area contributed by atoms with Crippen LogP contribution in [0.5, 0.6) is 5.75 Å². The van der Waals surface area contributed by atoms with Crippen molar-refractivity contribution in [1.29, 1.82) is 0 Å². The molecule has 26 heavy (non-hydrogen) atoms. The van der Waals surface area contributed by atoms with E-state index in [4.69, 9.17) is 14.6 Å². The molecule has 0 saturated heterocycles. The monoisotopic (exact) mass is 364 g/mol. The number of aliphatic hydroxyl groups is 1. The molecule has 0 saturated carbocycles. The van der Waals surface area contributed by atoms with Gasteiger partial charge in [0.25, 0.3) is 5.69 Å². The van der Waals surface area contributed by atoms with Crippen LogP contribution in [-0.2, 0) is 4.74 Å². The molecule has 0 atom stereocenters. The van der Waals surface area contributed by atoms with Crippen molar-refractivity contribution >= 4 is 17.3 Å². The molecule has 0 aromatic heterocycles. The van der Waals surface area contributed by atoms with Crippen molar-refractivity contribution in [3.8, 4) is 5.75 Å². The van der Waals surface area contributed by atoms with Gasteiger partial charge in [-0.1, -0.05) is 0 Å². The van der Waals surface area contributed by atoms with E-state index in [2.05, 4.69) is 5.32 Å². The minimum Gasteiger partial charge on any atom is -0.490 e. The van der Waals surface area contributed by atoms with E-state index in [1.165, 1.54) is 36.4 Å². The highest BCUT2D eigenvalue weighted by Gasteiger charge is 2.18. The summed E-state index contributed by atoms with van der Waals surface area (Å²) in [7, 11) is 0. The number of esters is 1. The molecule has 2 rings (SSSR count). The predicted octanol–water partition coefficient (Wildman–Crippen LogP) is 2.37. The molecule has 138 valence electrons. The van der Waals surface area contributed by atoms with Crippen molar-refractivity contribution in [2.75, 3.05) is 31.7 Å². The molecule has 2 aromatic carbocycles. The van der Waals surface area contributed by atoms with E-state index in [0.717, 1.165) is 6.07 Å². The summed E-state index contributed by atoms with van der Waals surface area (Å²) in [4.78, 5) is 22.5. The molecule has 9 heteroatoms. The first kappa shape index (κ1) is 19.1. The van der Waals surface area contributed by atoms with Crippen molar-refractivity contribution < 1.29 is 28.7 Å². The van der Waals surface area contributed by atoms with Crippen molar-refractivity contribution in [2.24, 2.45) is 0 Å². The van der Waals surface area contributed by atoms with Crippen LogP contribution >= 0.6 is 0 Å². The minimum absolute atomic E-state index is 0.0190. The molecule has 0 amide bonds. The summed E-state index contributed by atoms with van der Waals surface area (Å²) in [5, 5.41) is 22.6. The van der Waals surface area contributed by atoms with Crippen LogP contribution in [0.4, 0.5) is 15.8 Å². The number of halogens is 1. The smallest absolute Gasteiger partial charge is 0.340 e. The molecule has 0 spiro atoms. The molecule has 0 radical (unpaired) electrons. The van der Waals surface area contributed by atoms with Crippen LogP contribution in [0.25, 0.3) is 0 Å². The number of anilines is 1. The second kappa shape index (κ2) is 9.33. The third-order valence-electron chi connectivity index (χ3n) is 3.26. The number of carbonyl (C=O) groups excluding carboxylic acids is 1. The normalized spacial score (nSPS) is 10.2. The van der Waals surface area contributed by atoms with Gasteiger partial charge in [-0.15, -0.1) is 0 Å². The number of hydrogen-bond acceptors (Lipinski definition) is 7. The van der Waals surface area contributed by atoms with Gasteiger partial charge in [0.1, 0.15) is 24.8 Å². The maximum atomic E-state index is 12.8. The largest absolute Gasteiger partial charge is 0.490 e. The number of carbonyl (C=O) groups is 1. The van der Waals surface area contributed by atoms with Gasteiger partial charge < -0.3 is 19.9 Å². The highest BCUT2D eigenvalue weighted by atomic mass is 19.1. The van der Waals surface area contributed by atoms with Gasteiger partial charge in [-0.2, -0.15) is 0 Å². The van der Waals surface area contributed by atoms with Crippen LogP contribution in [0.3, 0.4) is 0 Å². The average molecular weight is 364 g/mol. The number of ether oxygens (including phenoxy) is 2. The standard InChI is InChI=1S/C17H17FN2O6/c18-12-1-4-14(5-2-12)25-9-10-26-17(22)15-11-13(20(23)24)3-6-16(15)19-7-8-21/h1-6,11,19,21H,7-10H2. The fraction of sp³-hybridized carbons (Fsp3) is 0.235. The quantitative estimate of drug-likeness (QED) is 0.304. The molecule has 0 fully saturated rings. The first-order chi connectivity index (χ1) is 12.5. The molecular weight excluding hydrogens is 347 g/mol. The van der Waals surface area contributed by atoms with Gasteiger partial charge in [0.2, 0.25) is 0 Å². The van der Waals surface area contributed by atoms with E-state index in [0.29, 0.717) is 11.4 Å². The first-order valence-corrected chi connectivity index (χ1v) is 7.70. The number of nitrogens with zero attached hydrogens (tertiary/aromatic N) is 1. The summed E-state index contributed by atoms with van der Waals surface area (Å²) in [5.41, 5.74) is 0.0394. The number of hydrogen-bond donors (Lipinski definition) is 2. The summed E-state index contributed by atoms with van der Waals surface area (Å²) in [5.74, 6) is -0.739. The zero-order chi connectivity index (χ0) is 18.9. The van der Waals surface area contributed by atoms with Crippen LogP contribution in [-0.4, -0.2) is 42.4 Å². The fourth-order valence-electron chi connectivity index (χ4n) is 2.06. The maximum absolute atomic E-state index is 12.8. The second-order valence-electron chi connectivity index (χ2n) is 5.08.